The summed E-state index contributed by atoms with van der Waals surface area (Å²) in [6, 6.07) is 10.2. The summed E-state index contributed by atoms with van der Waals surface area (Å²) in [5.74, 6) is 0.808. The lowest BCUT2D eigenvalue weighted by atomic mass is 10.1. The highest BCUT2D eigenvalue weighted by Crippen LogP contribution is 2.20. The maximum absolute atomic E-state index is 5.76. The van der Waals surface area contributed by atoms with Crippen LogP contribution in [0.3, 0.4) is 0 Å². The maximum Gasteiger partial charge on any atom is 0.125 e. The van der Waals surface area contributed by atoms with Crippen molar-refractivity contribution < 1.29 is 4.74 Å². The van der Waals surface area contributed by atoms with E-state index in [1.165, 1.54) is 5.56 Å². The van der Waals surface area contributed by atoms with E-state index in [1.807, 2.05) is 32.0 Å². The first kappa shape index (κ1) is 12.9. The van der Waals surface area contributed by atoms with Crippen molar-refractivity contribution in [2.24, 2.45) is 4.99 Å². The van der Waals surface area contributed by atoms with Crippen molar-refractivity contribution >= 4 is 5.71 Å². The summed E-state index contributed by atoms with van der Waals surface area (Å²) in [4.78, 5) is 13.4. The number of hydrogen-bond donors (Lipinski definition) is 0. The molecule has 0 atom stereocenters. The van der Waals surface area contributed by atoms with Gasteiger partial charge in [0, 0.05) is 5.56 Å². The van der Waals surface area contributed by atoms with Crippen LogP contribution in [-0.4, -0.2) is 22.3 Å². The highest BCUT2D eigenvalue weighted by Gasteiger charge is 2.20. The summed E-state index contributed by atoms with van der Waals surface area (Å²) >= 11 is 0. The molecule has 0 fully saturated rings. The molecule has 102 valence electrons. The molecule has 3 rings (SSSR count). The molecule has 0 saturated heterocycles. The highest BCUT2D eigenvalue weighted by atomic mass is 16.5. The van der Waals surface area contributed by atoms with Crippen molar-refractivity contribution in [3.63, 3.8) is 0 Å². The molecular weight excluding hydrogens is 250 g/mol. The van der Waals surface area contributed by atoms with E-state index in [0.29, 0.717) is 19.8 Å². The van der Waals surface area contributed by atoms with Gasteiger partial charge in [-0.05, 0) is 19.4 Å². The Morgan fingerprint density at radius 2 is 1.85 bits per heavy atom. The van der Waals surface area contributed by atoms with E-state index in [-0.39, 0.29) is 0 Å². The molecule has 2 heterocycles. The van der Waals surface area contributed by atoms with E-state index < -0.39 is 0 Å². The molecule has 0 unspecified atom stereocenters. The van der Waals surface area contributed by atoms with Crippen LogP contribution in [0.25, 0.3) is 0 Å². The van der Waals surface area contributed by atoms with Gasteiger partial charge in [0.05, 0.1) is 36.9 Å². The van der Waals surface area contributed by atoms with Crippen LogP contribution in [0.5, 0.6) is 0 Å². The minimum Gasteiger partial charge on any atom is -0.370 e. The van der Waals surface area contributed by atoms with Gasteiger partial charge in [-0.3, -0.25) is 4.99 Å². The number of hydrogen-bond acceptors (Lipinski definition) is 4. The van der Waals surface area contributed by atoms with Gasteiger partial charge in [0.2, 0.25) is 0 Å². The lowest BCUT2D eigenvalue weighted by Crippen LogP contribution is -2.12. The quantitative estimate of drug-likeness (QED) is 0.855. The van der Waals surface area contributed by atoms with Gasteiger partial charge in [0.15, 0.2) is 0 Å². The Balaban J connectivity index is 1.67. The van der Waals surface area contributed by atoms with E-state index >= 15 is 0 Å². The predicted octanol–water partition coefficient (Wildman–Crippen LogP) is 2.61. The largest absolute Gasteiger partial charge is 0.370 e. The van der Waals surface area contributed by atoms with Gasteiger partial charge in [0.25, 0.3) is 0 Å². The number of ether oxygens (including phenoxy) is 1. The average Bonchev–Trinajstić information content (AvgIpc) is 2.83. The molecule has 4 nitrogen and oxygen atoms in total. The Bertz CT molecular complexity index is 650. The second kappa shape index (κ2) is 5.51. The Morgan fingerprint density at radius 3 is 2.65 bits per heavy atom. The van der Waals surface area contributed by atoms with Crippen LogP contribution in [0.1, 0.15) is 28.3 Å². The first-order valence-electron chi connectivity index (χ1n) is 6.73. The van der Waals surface area contributed by atoms with E-state index in [1.54, 1.807) is 0 Å². The number of rotatable bonds is 4. The molecule has 1 aromatic carbocycles. The number of aryl methyl sites for hydroxylation is 2. The first-order valence-corrected chi connectivity index (χ1v) is 6.73. The Morgan fingerprint density at radius 1 is 1.05 bits per heavy atom. The summed E-state index contributed by atoms with van der Waals surface area (Å²) in [5.41, 5.74) is 5.22. The molecule has 0 radical (unpaired) electrons. The van der Waals surface area contributed by atoms with Gasteiger partial charge in [-0.1, -0.05) is 30.3 Å². The molecule has 1 aromatic heterocycles. The monoisotopic (exact) mass is 267 g/mol. The van der Waals surface area contributed by atoms with E-state index in [2.05, 4.69) is 27.1 Å². The Labute approximate surface area is 118 Å². The standard InChI is InChI=1S/C16H17N3O/c1-11-16-14(19-12(2)18-11)8-17-15(16)10-20-9-13-6-4-3-5-7-13/h3-7H,8-10H2,1-2H3. The molecule has 0 spiro atoms. The lowest BCUT2D eigenvalue weighted by molar-refractivity contribution is 0.158. The zero-order chi connectivity index (χ0) is 13.9. The molecule has 0 bridgehead atoms. The van der Waals surface area contributed by atoms with Crippen molar-refractivity contribution in [2.75, 3.05) is 6.61 Å². The second-order valence-electron chi connectivity index (χ2n) is 4.92. The van der Waals surface area contributed by atoms with Gasteiger partial charge in [0.1, 0.15) is 5.82 Å². The van der Waals surface area contributed by atoms with Gasteiger partial charge in [-0.15, -0.1) is 0 Å². The van der Waals surface area contributed by atoms with Gasteiger partial charge in [-0.2, -0.15) is 0 Å². The van der Waals surface area contributed by atoms with Crippen LogP contribution < -0.4 is 0 Å². The van der Waals surface area contributed by atoms with E-state index in [9.17, 15) is 0 Å². The fourth-order valence-electron chi connectivity index (χ4n) is 2.48. The van der Waals surface area contributed by atoms with Gasteiger partial charge >= 0.3 is 0 Å². The molecule has 2 aromatic rings. The van der Waals surface area contributed by atoms with Crippen LogP contribution in [0.2, 0.25) is 0 Å². The number of fused-ring (bicyclic) bond motifs is 1. The number of aliphatic imine (C=N–C) groups is 1. The van der Waals surface area contributed by atoms with Crippen LogP contribution in [0.15, 0.2) is 35.3 Å². The van der Waals surface area contributed by atoms with E-state index in [4.69, 9.17) is 4.74 Å². The first-order chi connectivity index (χ1) is 9.74. The van der Waals surface area contributed by atoms with Crippen molar-refractivity contribution in [1.82, 2.24) is 9.97 Å². The minimum absolute atomic E-state index is 0.509. The molecular formula is C16H17N3O. The van der Waals surface area contributed by atoms with Crippen LogP contribution in [-0.2, 0) is 17.9 Å². The Kier molecular flexibility index (Phi) is 3.56. The minimum atomic E-state index is 0.509. The van der Waals surface area contributed by atoms with Crippen LogP contribution >= 0.6 is 0 Å². The summed E-state index contributed by atoms with van der Waals surface area (Å²) in [6.07, 6.45) is 0. The van der Waals surface area contributed by atoms with Crippen LogP contribution in [0.4, 0.5) is 0 Å². The van der Waals surface area contributed by atoms with Gasteiger partial charge < -0.3 is 4.74 Å². The fourth-order valence-corrected chi connectivity index (χ4v) is 2.48. The zero-order valence-electron chi connectivity index (χ0n) is 11.8. The number of benzene rings is 1. The molecule has 0 N–H and O–H groups in total. The van der Waals surface area contributed by atoms with E-state index in [0.717, 1.165) is 28.5 Å². The zero-order valence-corrected chi connectivity index (χ0v) is 11.8. The summed E-state index contributed by atoms with van der Waals surface area (Å²) in [6.45, 7) is 5.67. The second-order valence-corrected chi connectivity index (χ2v) is 4.92. The van der Waals surface area contributed by atoms with Crippen LogP contribution in [0, 0.1) is 13.8 Å². The van der Waals surface area contributed by atoms with Crippen molar-refractivity contribution in [1.29, 1.82) is 0 Å². The van der Waals surface area contributed by atoms with Crippen molar-refractivity contribution in [2.45, 2.75) is 27.0 Å². The molecule has 0 amide bonds. The SMILES string of the molecule is Cc1nc(C)c2c(n1)CN=C2COCc1ccccc1. The third-order valence-corrected chi connectivity index (χ3v) is 3.34. The molecule has 1 aliphatic rings. The fraction of sp³-hybridized carbons (Fsp3) is 0.312. The smallest absolute Gasteiger partial charge is 0.125 e. The third kappa shape index (κ3) is 2.60. The Hall–Kier alpha value is -2.07. The molecule has 0 aliphatic carbocycles. The third-order valence-electron chi connectivity index (χ3n) is 3.34. The molecule has 4 heteroatoms. The average molecular weight is 267 g/mol. The molecule has 1 aliphatic heterocycles. The van der Waals surface area contributed by atoms with Crippen molar-refractivity contribution in [3.05, 3.63) is 58.7 Å². The molecule has 20 heavy (non-hydrogen) atoms. The number of aromatic nitrogens is 2. The summed E-state index contributed by atoms with van der Waals surface area (Å²) in [5, 5.41) is 0. The molecule has 0 saturated carbocycles. The number of nitrogens with zero attached hydrogens (tertiary/aromatic N) is 3. The normalized spacial score (nSPS) is 13.2. The topological polar surface area (TPSA) is 47.4 Å². The van der Waals surface area contributed by atoms with Crippen molar-refractivity contribution in [3.8, 4) is 0 Å². The summed E-state index contributed by atoms with van der Waals surface area (Å²) < 4.78 is 5.76. The van der Waals surface area contributed by atoms with Gasteiger partial charge in [-0.25, -0.2) is 9.97 Å². The lowest BCUT2D eigenvalue weighted by Gasteiger charge is -2.08. The predicted molar refractivity (Wildman–Crippen MR) is 77.8 cm³/mol. The highest BCUT2D eigenvalue weighted by molar-refractivity contribution is 6.05. The maximum atomic E-state index is 5.76. The summed E-state index contributed by atoms with van der Waals surface area (Å²) in [7, 11) is 0.